The minimum Gasteiger partial charge on any atom is -0.311 e. The molecule has 1 rings (SSSR count). The van der Waals surface area contributed by atoms with Crippen LogP contribution in [0.2, 0.25) is 0 Å². The van der Waals surface area contributed by atoms with Crippen LogP contribution >= 0.6 is 0 Å². The predicted octanol–water partition coefficient (Wildman–Crippen LogP) is 0.614. The number of rotatable bonds is 1. The molecular formula is C5H11N. The van der Waals surface area contributed by atoms with Crippen LogP contribution in [0.1, 0.15) is 13.8 Å². The highest BCUT2D eigenvalue weighted by Gasteiger charge is 2.22. The minimum absolute atomic E-state index is 0.852. The van der Waals surface area contributed by atoms with E-state index in [1.165, 1.54) is 6.54 Å². The van der Waals surface area contributed by atoms with Crippen LogP contribution in [0.5, 0.6) is 0 Å². The van der Waals surface area contributed by atoms with Crippen molar-refractivity contribution in [3.63, 3.8) is 0 Å². The lowest BCUT2D eigenvalue weighted by molar-refractivity contribution is 0.633. The van der Waals surface area contributed by atoms with Crippen LogP contribution in [0, 0.1) is 5.92 Å². The van der Waals surface area contributed by atoms with E-state index in [9.17, 15) is 0 Å². The summed E-state index contributed by atoms with van der Waals surface area (Å²) in [7, 11) is 0. The van der Waals surface area contributed by atoms with Gasteiger partial charge in [0.25, 0.3) is 0 Å². The largest absolute Gasteiger partial charge is 0.311 e. The van der Waals surface area contributed by atoms with E-state index in [2.05, 4.69) is 19.2 Å². The summed E-state index contributed by atoms with van der Waals surface area (Å²) in [6, 6.07) is 0.852. The zero-order valence-corrected chi connectivity index (χ0v) is 4.36. The molecule has 0 aromatic carbocycles. The van der Waals surface area contributed by atoms with Crippen molar-refractivity contribution in [3.05, 3.63) is 0 Å². The molecule has 0 bridgehead atoms. The summed E-state index contributed by atoms with van der Waals surface area (Å²) in [6.07, 6.45) is 0. The van der Waals surface area contributed by atoms with E-state index >= 15 is 0 Å². The van der Waals surface area contributed by atoms with Crippen molar-refractivity contribution < 1.29 is 0 Å². The van der Waals surface area contributed by atoms with Crippen molar-refractivity contribution in [2.75, 3.05) is 6.54 Å². The fraction of sp³-hybridized carbons (Fsp3) is 1.00. The second-order valence-electron chi connectivity index (χ2n) is 2.26. The van der Waals surface area contributed by atoms with Crippen molar-refractivity contribution in [1.82, 2.24) is 5.32 Å². The van der Waals surface area contributed by atoms with Crippen LogP contribution in [-0.4, -0.2) is 12.6 Å². The Labute approximate surface area is 38.7 Å². The summed E-state index contributed by atoms with van der Waals surface area (Å²) >= 11 is 0. The summed E-state index contributed by atoms with van der Waals surface area (Å²) in [4.78, 5) is 0. The van der Waals surface area contributed by atoms with Gasteiger partial charge < -0.3 is 5.32 Å². The molecule has 1 heterocycles. The SMILES string of the molecule is CC(C)C1CN1. The van der Waals surface area contributed by atoms with Crippen molar-refractivity contribution in [2.45, 2.75) is 19.9 Å². The Bertz CT molecular complexity index is 45.9. The first kappa shape index (κ1) is 4.13. The maximum Gasteiger partial charge on any atom is 0.0216 e. The van der Waals surface area contributed by atoms with Gasteiger partial charge in [0.1, 0.15) is 0 Å². The summed E-state index contributed by atoms with van der Waals surface area (Å²) < 4.78 is 0. The molecule has 0 spiro atoms. The van der Waals surface area contributed by atoms with Gasteiger partial charge in [-0.15, -0.1) is 0 Å². The average molecular weight is 85.2 g/mol. The second kappa shape index (κ2) is 1.23. The van der Waals surface area contributed by atoms with E-state index in [0.29, 0.717) is 0 Å². The van der Waals surface area contributed by atoms with Gasteiger partial charge in [0.05, 0.1) is 0 Å². The van der Waals surface area contributed by atoms with Crippen molar-refractivity contribution in [3.8, 4) is 0 Å². The highest BCUT2D eigenvalue weighted by molar-refractivity contribution is 4.85. The number of hydrogen-bond donors (Lipinski definition) is 1. The Balaban J connectivity index is 2.13. The Morgan fingerprint density at radius 2 is 2.17 bits per heavy atom. The van der Waals surface area contributed by atoms with Crippen molar-refractivity contribution in [1.29, 1.82) is 0 Å². The molecule has 1 aliphatic heterocycles. The molecule has 0 aliphatic carbocycles. The molecule has 0 aromatic rings. The second-order valence-corrected chi connectivity index (χ2v) is 2.26. The van der Waals surface area contributed by atoms with Gasteiger partial charge in [-0.3, -0.25) is 0 Å². The molecule has 1 fully saturated rings. The molecule has 36 valence electrons. The maximum atomic E-state index is 3.23. The topological polar surface area (TPSA) is 21.9 Å². The van der Waals surface area contributed by atoms with E-state index < -0.39 is 0 Å². The first-order valence-corrected chi connectivity index (χ1v) is 2.54. The first-order valence-electron chi connectivity index (χ1n) is 2.54. The van der Waals surface area contributed by atoms with Crippen LogP contribution in [0.25, 0.3) is 0 Å². The van der Waals surface area contributed by atoms with Gasteiger partial charge in [-0.05, 0) is 5.92 Å². The Morgan fingerprint density at radius 1 is 1.67 bits per heavy atom. The molecule has 1 saturated heterocycles. The minimum atomic E-state index is 0.852. The van der Waals surface area contributed by atoms with E-state index in [1.54, 1.807) is 0 Å². The molecule has 1 N–H and O–H groups in total. The molecule has 1 unspecified atom stereocenters. The summed E-state index contributed by atoms with van der Waals surface area (Å²) in [6.45, 7) is 5.73. The van der Waals surface area contributed by atoms with E-state index in [4.69, 9.17) is 0 Å². The third-order valence-corrected chi connectivity index (χ3v) is 1.24. The van der Waals surface area contributed by atoms with Crippen LogP contribution in [0.4, 0.5) is 0 Å². The van der Waals surface area contributed by atoms with Gasteiger partial charge in [-0.1, -0.05) is 13.8 Å². The van der Waals surface area contributed by atoms with Gasteiger partial charge in [0.15, 0.2) is 0 Å². The van der Waals surface area contributed by atoms with Gasteiger partial charge in [0.2, 0.25) is 0 Å². The zero-order valence-electron chi connectivity index (χ0n) is 4.36. The highest BCUT2D eigenvalue weighted by Crippen LogP contribution is 2.08. The molecular weight excluding hydrogens is 74.1 g/mol. The van der Waals surface area contributed by atoms with Gasteiger partial charge in [-0.2, -0.15) is 0 Å². The van der Waals surface area contributed by atoms with E-state index in [1.807, 2.05) is 0 Å². The fourth-order valence-electron chi connectivity index (χ4n) is 0.539. The fourth-order valence-corrected chi connectivity index (χ4v) is 0.539. The molecule has 6 heavy (non-hydrogen) atoms. The maximum absolute atomic E-state index is 3.23. The molecule has 0 amide bonds. The summed E-state index contributed by atoms with van der Waals surface area (Å²) in [5, 5.41) is 3.23. The van der Waals surface area contributed by atoms with Crippen LogP contribution < -0.4 is 5.32 Å². The molecule has 0 saturated carbocycles. The standard InChI is InChI=1S/C5H11N/c1-4(2)5-3-6-5/h4-6H,3H2,1-2H3. The highest BCUT2D eigenvalue weighted by atomic mass is 15.1. The average Bonchev–Trinajstić information content (AvgIpc) is 2.06. The first-order chi connectivity index (χ1) is 2.80. The van der Waals surface area contributed by atoms with Crippen molar-refractivity contribution >= 4 is 0 Å². The lowest BCUT2D eigenvalue weighted by Gasteiger charge is -1.92. The van der Waals surface area contributed by atoms with Gasteiger partial charge >= 0.3 is 0 Å². The van der Waals surface area contributed by atoms with Crippen LogP contribution in [0.3, 0.4) is 0 Å². The lowest BCUT2D eigenvalue weighted by Crippen LogP contribution is -1.99. The normalized spacial score (nSPS) is 31.5. The lowest BCUT2D eigenvalue weighted by atomic mass is 10.1. The van der Waals surface area contributed by atoms with Gasteiger partial charge in [-0.25, -0.2) is 0 Å². The summed E-state index contributed by atoms with van der Waals surface area (Å²) in [5.41, 5.74) is 0. The van der Waals surface area contributed by atoms with Crippen LogP contribution in [0.15, 0.2) is 0 Å². The van der Waals surface area contributed by atoms with Gasteiger partial charge in [0, 0.05) is 12.6 Å². The van der Waals surface area contributed by atoms with E-state index in [-0.39, 0.29) is 0 Å². The predicted molar refractivity (Wildman–Crippen MR) is 26.6 cm³/mol. The summed E-state index contributed by atoms with van der Waals surface area (Å²) in [5.74, 6) is 0.852. The smallest absolute Gasteiger partial charge is 0.0216 e. The molecule has 1 atom stereocenters. The monoisotopic (exact) mass is 85.1 g/mol. The Morgan fingerprint density at radius 3 is 2.17 bits per heavy atom. The van der Waals surface area contributed by atoms with E-state index in [0.717, 1.165) is 12.0 Å². The molecule has 0 aromatic heterocycles. The van der Waals surface area contributed by atoms with Crippen molar-refractivity contribution in [2.24, 2.45) is 5.92 Å². The molecule has 1 heteroatoms. The molecule has 1 aliphatic rings. The third-order valence-electron chi connectivity index (χ3n) is 1.24. The molecule has 0 radical (unpaired) electrons. The number of hydrogen-bond acceptors (Lipinski definition) is 1. The quantitative estimate of drug-likeness (QED) is 0.463. The zero-order chi connectivity index (χ0) is 4.57. The number of nitrogens with one attached hydrogen (secondary N) is 1. The Hall–Kier alpha value is -0.0400. The third kappa shape index (κ3) is 0.716. The molecule has 1 nitrogen and oxygen atoms in total. The van der Waals surface area contributed by atoms with Crippen LogP contribution in [-0.2, 0) is 0 Å². The Kier molecular flexibility index (Phi) is 0.845.